The highest BCUT2D eigenvalue weighted by Crippen LogP contribution is 2.19. The van der Waals surface area contributed by atoms with Gasteiger partial charge in [0.1, 0.15) is 5.82 Å². The van der Waals surface area contributed by atoms with E-state index in [2.05, 4.69) is 20.4 Å². The minimum atomic E-state index is -0.624. The van der Waals surface area contributed by atoms with Crippen LogP contribution in [-0.4, -0.2) is 25.7 Å². The highest BCUT2D eigenvalue weighted by molar-refractivity contribution is 6.03. The number of nitrogens with one attached hydrogen (secondary N) is 2. The molecule has 2 heterocycles. The molecule has 0 saturated carbocycles. The van der Waals surface area contributed by atoms with E-state index in [-0.39, 0.29) is 11.3 Å². The number of nitrogens with zero attached hydrogens (tertiary/aromatic N) is 3. The van der Waals surface area contributed by atoms with Crippen LogP contribution in [0.3, 0.4) is 0 Å². The van der Waals surface area contributed by atoms with Crippen molar-refractivity contribution in [1.29, 1.82) is 0 Å². The lowest BCUT2D eigenvalue weighted by atomic mass is 10.1. The lowest BCUT2D eigenvalue weighted by Gasteiger charge is -2.11. The van der Waals surface area contributed by atoms with Crippen molar-refractivity contribution in [2.75, 3.05) is 5.32 Å². The number of hydrogen-bond acceptors (Lipinski definition) is 5. The lowest BCUT2D eigenvalue weighted by Crippen LogP contribution is -2.26. The molecule has 2 N–H and O–H groups in total. The van der Waals surface area contributed by atoms with Crippen LogP contribution in [0.2, 0.25) is 0 Å². The minimum absolute atomic E-state index is 0.218. The van der Waals surface area contributed by atoms with E-state index in [0.29, 0.717) is 34.9 Å². The number of aromatic amines is 1. The normalized spacial score (nSPS) is 10.7. The fourth-order valence-electron chi connectivity index (χ4n) is 3.30. The van der Waals surface area contributed by atoms with Gasteiger partial charge in [0, 0.05) is 34.8 Å². The quantitative estimate of drug-likeness (QED) is 0.509. The third-order valence-electron chi connectivity index (χ3n) is 4.87. The molecule has 0 radical (unpaired) electrons. The molecule has 0 fully saturated rings. The molecule has 0 bridgehead atoms. The maximum atomic E-state index is 12.9. The van der Waals surface area contributed by atoms with Crippen molar-refractivity contribution in [2.45, 2.75) is 20.3 Å². The Balaban J connectivity index is 1.66. The van der Waals surface area contributed by atoms with Gasteiger partial charge in [-0.05, 0) is 37.6 Å². The van der Waals surface area contributed by atoms with Gasteiger partial charge in [0.25, 0.3) is 11.5 Å². The highest BCUT2D eigenvalue weighted by Gasteiger charge is 2.16. The van der Waals surface area contributed by atoms with Crippen molar-refractivity contribution < 1.29 is 4.79 Å². The van der Waals surface area contributed by atoms with E-state index in [1.54, 1.807) is 35.9 Å². The first-order valence-electron chi connectivity index (χ1n) is 10.1. The molecule has 160 valence electrons. The van der Waals surface area contributed by atoms with E-state index in [4.69, 9.17) is 0 Å². The maximum absolute atomic E-state index is 12.9. The third kappa shape index (κ3) is 4.39. The zero-order valence-electron chi connectivity index (χ0n) is 17.6. The monoisotopic (exact) mass is 427 g/mol. The Morgan fingerprint density at radius 3 is 2.56 bits per heavy atom. The highest BCUT2D eigenvalue weighted by atomic mass is 16.2. The number of aromatic nitrogens is 4. The van der Waals surface area contributed by atoms with E-state index < -0.39 is 11.3 Å². The van der Waals surface area contributed by atoms with Crippen LogP contribution in [0.4, 0.5) is 5.69 Å². The van der Waals surface area contributed by atoms with Crippen LogP contribution >= 0.6 is 0 Å². The van der Waals surface area contributed by atoms with Gasteiger partial charge in [-0.3, -0.25) is 14.4 Å². The average Bonchev–Trinajstić information content (AvgIpc) is 2.79. The van der Waals surface area contributed by atoms with Gasteiger partial charge in [-0.1, -0.05) is 37.3 Å². The summed E-state index contributed by atoms with van der Waals surface area (Å²) in [5.74, 6) is -0.217. The van der Waals surface area contributed by atoms with E-state index in [1.807, 2.05) is 37.3 Å². The van der Waals surface area contributed by atoms with Gasteiger partial charge in [0.2, 0.25) is 5.43 Å². The molecule has 2 aromatic carbocycles. The summed E-state index contributed by atoms with van der Waals surface area (Å²) in [5.41, 5.74) is 2.18. The topological polar surface area (TPSA) is 110 Å². The summed E-state index contributed by atoms with van der Waals surface area (Å²) in [7, 11) is 0. The van der Waals surface area contributed by atoms with Gasteiger partial charge in [-0.15, -0.1) is 0 Å². The standard InChI is InChI=1S/C24H21N5O3/c1-3-17-14-21(31)27-23(25-17)16-8-7-9-18(13-16)26-24(32)22-20(30)12-15(2)29(28-22)19-10-5-4-6-11-19/h4-14H,3H2,1-2H3,(H,26,32)(H,25,27,31). The number of carbonyl (C=O) groups is 1. The van der Waals surface area contributed by atoms with Crippen LogP contribution in [0.5, 0.6) is 0 Å². The zero-order chi connectivity index (χ0) is 22.7. The minimum Gasteiger partial charge on any atom is -0.320 e. The molecule has 0 aliphatic heterocycles. The first kappa shape index (κ1) is 20.9. The van der Waals surface area contributed by atoms with Gasteiger partial charge in [0.15, 0.2) is 5.69 Å². The zero-order valence-corrected chi connectivity index (χ0v) is 17.6. The number of benzene rings is 2. The molecule has 4 rings (SSSR count). The molecule has 0 unspecified atom stereocenters. The summed E-state index contributed by atoms with van der Waals surface area (Å²) in [5, 5.41) is 7.00. The second-order valence-electron chi connectivity index (χ2n) is 7.22. The van der Waals surface area contributed by atoms with Crippen molar-refractivity contribution in [1.82, 2.24) is 19.7 Å². The van der Waals surface area contributed by atoms with Crippen LogP contribution in [0.25, 0.3) is 17.1 Å². The van der Waals surface area contributed by atoms with Crippen LogP contribution < -0.4 is 16.3 Å². The van der Waals surface area contributed by atoms with Crippen LogP contribution in [0.15, 0.2) is 76.3 Å². The average molecular weight is 427 g/mol. The van der Waals surface area contributed by atoms with Crippen molar-refractivity contribution in [3.05, 3.63) is 104 Å². The number of carbonyl (C=O) groups excluding carboxylic acids is 1. The summed E-state index contributed by atoms with van der Waals surface area (Å²) in [4.78, 5) is 44.4. The smallest absolute Gasteiger partial charge is 0.280 e. The predicted molar refractivity (Wildman–Crippen MR) is 122 cm³/mol. The summed E-state index contributed by atoms with van der Waals surface area (Å²) in [6.07, 6.45) is 0.625. The molecule has 8 heteroatoms. The van der Waals surface area contributed by atoms with Gasteiger partial charge < -0.3 is 10.3 Å². The van der Waals surface area contributed by atoms with Crippen molar-refractivity contribution in [2.24, 2.45) is 0 Å². The number of amides is 1. The largest absolute Gasteiger partial charge is 0.320 e. The molecule has 0 aliphatic rings. The summed E-state index contributed by atoms with van der Waals surface area (Å²) in [6.45, 7) is 3.67. The van der Waals surface area contributed by atoms with Gasteiger partial charge in [0.05, 0.1) is 5.69 Å². The molecular formula is C24H21N5O3. The first-order chi connectivity index (χ1) is 15.4. The summed E-state index contributed by atoms with van der Waals surface area (Å²) < 4.78 is 1.55. The Kier molecular flexibility index (Phi) is 5.76. The fraction of sp³-hybridized carbons (Fsp3) is 0.125. The Labute approximate surface area is 183 Å². The van der Waals surface area contributed by atoms with E-state index in [0.717, 1.165) is 5.69 Å². The second-order valence-corrected chi connectivity index (χ2v) is 7.22. The van der Waals surface area contributed by atoms with E-state index >= 15 is 0 Å². The molecule has 1 amide bonds. The molecule has 0 aliphatic carbocycles. The molecule has 0 spiro atoms. The number of rotatable bonds is 5. The first-order valence-corrected chi connectivity index (χ1v) is 10.1. The third-order valence-corrected chi connectivity index (χ3v) is 4.87. The summed E-state index contributed by atoms with van der Waals surface area (Å²) >= 11 is 0. The van der Waals surface area contributed by atoms with Gasteiger partial charge >= 0.3 is 0 Å². The van der Waals surface area contributed by atoms with Crippen molar-refractivity contribution in [3.63, 3.8) is 0 Å². The Bertz CT molecular complexity index is 1410. The molecule has 4 aromatic rings. The maximum Gasteiger partial charge on any atom is 0.280 e. The molecule has 0 saturated heterocycles. The van der Waals surface area contributed by atoms with Crippen molar-refractivity contribution in [3.8, 4) is 17.1 Å². The van der Waals surface area contributed by atoms with E-state index in [9.17, 15) is 14.4 Å². The molecule has 2 aromatic heterocycles. The molecule has 32 heavy (non-hydrogen) atoms. The molecule has 0 atom stereocenters. The van der Waals surface area contributed by atoms with E-state index in [1.165, 1.54) is 12.1 Å². The van der Waals surface area contributed by atoms with Crippen LogP contribution in [-0.2, 0) is 6.42 Å². The van der Waals surface area contributed by atoms with Crippen LogP contribution in [0.1, 0.15) is 28.8 Å². The number of H-pyrrole nitrogens is 1. The SMILES string of the molecule is CCc1cc(=O)[nH]c(-c2cccc(NC(=O)c3nn(-c4ccccc4)c(C)cc3=O)c2)n1. The van der Waals surface area contributed by atoms with Gasteiger partial charge in [-0.2, -0.15) is 5.10 Å². The number of para-hydroxylation sites is 1. The van der Waals surface area contributed by atoms with Gasteiger partial charge in [-0.25, -0.2) is 9.67 Å². The Morgan fingerprint density at radius 2 is 1.81 bits per heavy atom. The van der Waals surface area contributed by atoms with Crippen molar-refractivity contribution >= 4 is 11.6 Å². The number of anilines is 1. The predicted octanol–water partition coefficient (Wildman–Crippen LogP) is 3.11. The Hall–Kier alpha value is -4.33. The number of hydrogen-bond donors (Lipinski definition) is 2. The fourth-order valence-corrected chi connectivity index (χ4v) is 3.30. The lowest BCUT2D eigenvalue weighted by molar-refractivity contribution is 0.101. The summed E-state index contributed by atoms with van der Waals surface area (Å²) in [6, 6.07) is 19.0. The van der Waals surface area contributed by atoms with Crippen LogP contribution in [0, 0.1) is 6.92 Å². The second kappa shape index (κ2) is 8.81. The Morgan fingerprint density at radius 1 is 1.03 bits per heavy atom. The number of aryl methyl sites for hydroxylation is 2. The molecular weight excluding hydrogens is 406 g/mol. The molecule has 8 nitrogen and oxygen atoms in total.